The number of hydrogen-bond donors (Lipinski definition) is 1. The molecule has 1 heterocycles. The second-order valence-electron chi connectivity index (χ2n) is 5.68. The zero-order chi connectivity index (χ0) is 19.4. The molecule has 1 N–H and O–H groups in total. The number of benzene rings is 2. The van der Waals surface area contributed by atoms with Gasteiger partial charge in [0, 0.05) is 0 Å². The maximum Gasteiger partial charge on any atom is 0.340 e. The average molecular weight is 405 g/mol. The van der Waals surface area contributed by atoms with Crippen LogP contribution in [0.25, 0.3) is 0 Å². The Bertz CT molecular complexity index is 1030. The van der Waals surface area contributed by atoms with E-state index in [2.05, 4.69) is 4.72 Å². The predicted molar refractivity (Wildman–Crippen MR) is 102 cm³/mol. The predicted octanol–water partition coefficient (Wildman–Crippen LogP) is 4.61. The quantitative estimate of drug-likeness (QED) is 0.608. The van der Waals surface area contributed by atoms with Crippen molar-refractivity contribution in [1.82, 2.24) is 0 Å². The molecule has 3 aromatic rings. The molecule has 140 valence electrons. The molecule has 0 bridgehead atoms. The minimum absolute atomic E-state index is 0.0894. The highest BCUT2D eigenvalue weighted by Crippen LogP contribution is 2.25. The molecule has 0 spiro atoms. The van der Waals surface area contributed by atoms with Crippen molar-refractivity contribution < 1.29 is 22.3 Å². The summed E-state index contributed by atoms with van der Waals surface area (Å²) < 4.78 is 45.9. The summed E-state index contributed by atoms with van der Waals surface area (Å²) in [6.07, 6.45) is -0.625. The zero-order valence-electron chi connectivity index (χ0n) is 14.3. The molecule has 1 aromatic heterocycles. The molecule has 0 saturated carbocycles. The molecule has 0 radical (unpaired) electrons. The van der Waals surface area contributed by atoms with Gasteiger partial charge in [0.25, 0.3) is 10.0 Å². The van der Waals surface area contributed by atoms with E-state index < -0.39 is 22.1 Å². The highest BCUT2D eigenvalue weighted by Gasteiger charge is 2.21. The molecule has 0 saturated heterocycles. The number of carbonyl (C=O) groups excluding carboxylic acids is 1. The van der Waals surface area contributed by atoms with E-state index in [1.54, 1.807) is 30.5 Å². The van der Waals surface area contributed by atoms with E-state index in [1.807, 2.05) is 0 Å². The van der Waals surface area contributed by atoms with Crippen molar-refractivity contribution in [3.05, 3.63) is 83.0 Å². The van der Waals surface area contributed by atoms with Crippen LogP contribution in [0.3, 0.4) is 0 Å². The molecule has 3 rings (SSSR count). The number of esters is 1. The fraction of sp³-hybridized carbons (Fsp3) is 0.105. The van der Waals surface area contributed by atoms with E-state index >= 15 is 0 Å². The van der Waals surface area contributed by atoms with Crippen LogP contribution in [0.5, 0.6) is 0 Å². The minimum Gasteiger partial charge on any atom is -0.454 e. The zero-order valence-corrected chi connectivity index (χ0v) is 15.9. The molecule has 0 unspecified atom stereocenters. The average Bonchev–Trinajstić information content (AvgIpc) is 3.18. The maximum absolute atomic E-state index is 13.0. The van der Waals surface area contributed by atoms with Gasteiger partial charge in [-0.1, -0.05) is 30.3 Å². The van der Waals surface area contributed by atoms with E-state index in [9.17, 15) is 17.6 Å². The van der Waals surface area contributed by atoms with E-state index in [1.165, 1.54) is 42.5 Å². The van der Waals surface area contributed by atoms with Crippen LogP contribution in [-0.2, 0) is 14.8 Å². The maximum atomic E-state index is 13.0. The van der Waals surface area contributed by atoms with Crippen LogP contribution in [0.4, 0.5) is 10.1 Å². The summed E-state index contributed by atoms with van der Waals surface area (Å²) in [7, 11) is -3.79. The van der Waals surface area contributed by atoms with Crippen molar-refractivity contribution in [2.45, 2.75) is 17.2 Å². The van der Waals surface area contributed by atoms with Crippen LogP contribution in [0.15, 0.2) is 70.3 Å². The largest absolute Gasteiger partial charge is 0.454 e. The fourth-order valence-electron chi connectivity index (χ4n) is 2.39. The Morgan fingerprint density at radius 2 is 1.78 bits per heavy atom. The minimum atomic E-state index is -3.79. The van der Waals surface area contributed by atoms with Crippen molar-refractivity contribution in [3.63, 3.8) is 0 Å². The molecule has 0 aliphatic heterocycles. The monoisotopic (exact) mass is 405 g/mol. The fourth-order valence-corrected chi connectivity index (χ4v) is 4.46. The molecule has 27 heavy (non-hydrogen) atoms. The first-order valence-corrected chi connectivity index (χ1v) is 10.3. The van der Waals surface area contributed by atoms with Gasteiger partial charge < -0.3 is 4.74 Å². The summed E-state index contributed by atoms with van der Waals surface area (Å²) in [5.74, 6) is -1.07. The van der Waals surface area contributed by atoms with Crippen molar-refractivity contribution in [3.8, 4) is 0 Å². The first-order valence-electron chi connectivity index (χ1n) is 7.98. The number of thiophene rings is 1. The summed E-state index contributed by atoms with van der Waals surface area (Å²) in [4.78, 5) is 12.6. The number of ether oxygens (including phenoxy) is 1. The topological polar surface area (TPSA) is 72.5 Å². The van der Waals surface area contributed by atoms with Crippen LogP contribution < -0.4 is 4.72 Å². The molecule has 0 fully saturated rings. The number of anilines is 1. The molecule has 0 aliphatic rings. The summed E-state index contributed by atoms with van der Waals surface area (Å²) in [6, 6.07) is 14.9. The van der Waals surface area contributed by atoms with Gasteiger partial charge in [-0.25, -0.2) is 17.6 Å². The third kappa shape index (κ3) is 4.53. The van der Waals surface area contributed by atoms with Crippen LogP contribution in [0, 0.1) is 5.82 Å². The summed E-state index contributed by atoms with van der Waals surface area (Å²) in [5.41, 5.74) is 0.843. The van der Waals surface area contributed by atoms with Crippen LogP contribution in [0.1, 0.15) is 28.9 Å². The number of para-hydroxylation sites is 1. The summed E-state index contributed by atoms with van der Waals surface area (Å²) >= 11 is 1.08. The van der Waals surface area contributed by atoms with Gasteiger partial charge in [-0.05, 0) is 48.2 Å². The van der Waals surface area contributed by atoms with E-state index in [0.717, 1.165) is 11.3 Å². The third-order valence-corrected chi connectivity index (χ3v) is 6.54. The SMILES string of the molecule is C[C@H](OC(=O)c1ccccc1NS(=O)(=O)c1cccs1)c1ccc(F)cc1. The first-order chi connectivity index (χ1) is 12.9. The van der Waals surface area contributed by atoms with Crippen LogP contribution in [0.2, 0.25) is 0 Å². The lowest BCUT2D eigenvalue weighted by Gasteiger charge is -2.16. The molecular formula is C19H16FNO4S2. The highest BCUT2D eigenvalue weighted by atomic mass is 32.2. The molecule has 0 aliphatic carbocycles. The van der Waals surface area contributed by atoms with Gasteiger partial charge in [0.05, 0.1) is 11.3 Å². The van der Waals surface area contributed by atoms with Gasteiger partial charge >= 0.3 is 5.97 Å². The lowest BCUT2D eigenvalue weighted by atomic mass is 10.1. The number of halogens is 1. The van der Waals surface area contributed by atoms with E-state index in [-0.39, 0.29) is 21.3 Å². The Kier molecular flexibility index (Phi) is 5.57. The lowest BCUT2D eigenvalue weighted by molar-refractivity contribution is 0.0339. The number of rotatable bonds is 6. The Labute approximate surface area is 160 Å². The molecular weight excluding hydrogens is 389 g/mol. The second-order valence-corrected chi connectivity index (χ2v) is 8.54. The van der Waals surface area contributed by atoms with Gasteiger partial charge in [0.15, 0.2) is 0 Å². The number of nitrogens with one attached hydrogen (secondary N) is 1. The first kappa shape index (κ1) is 19.1. The Morgan fingerprint density at radius 3 is 2.44 bits per heavy atom. The van der Waals surface area contributed by atoms with Crippen molar-refractivity contribution in [1.29, 1.82) is 0 Å². The Morgan fingerprint density at radius 1 is 1.07 bits per heavy atom. The lowest BCUT2D eigenvalue weighted by Crippen LogP contribution is -2.16. The van der Waals surface area contributed by atoms with Crippen molar-refractivity contribution in [2.75, 3.05) is 4.72 Å². The number of carbonyl (C=O) groups is 1. The molecule has 2 aromatic carbocycles. The van der Waals surface area contributed by atoms with E-state index in [0.29, 0.717) is 5.56 Å². The molecule has 5 nitrogen and oxygen atoms in total. The summed E-state index contributed by atoms with van der Waals surface area (Å²) in [6.45, 7) is 1.66. The Balaban J connectivity index is 1.81. The molecule has 1 atom stereocenters. The van der Waals surface area contributed by atoms with Crippen LogP contribution >= 0.6 is 11.3 Å². The second kappa shape index (κ2) is 7.89. The standard InChI is InChI=1S/C19H16FNO4S2/c1-13(14-8-10-15(20)11-9-14)25-19(22)16-5-2-3-6-17(16)21-27(23,24)18-7-4-12-26-18/h2-13,21H,1H3/t13-/m0/s1. The van der Waals surface area contributed by atoms with Gasteiger partial charge in [-0.3, -0.25) is 4.72 Å². The summed E-state index contributed by atoms with van der Waals surface area (Å²) in [5, 5.41) is 1.65. The highest BCUT2D eigenvalue weighted by molar-refractivity contribution is 7.94. The number of hydrogen-bond acceptors (Lipinski definition) is 5. The smallest absolute Gasteiger partial charge is 0.340 e. The molecule has 0 amide bonds. The third-order valence-electron chi connectivity index (χ3n) is 3.77. The van der Waals surface area contributed by atoms with Gasteiger partial charge in [-0.2, -0.15) is 0 Å². The van der Waals surface area contributed by atoms with Gasteiger partial charge in [0.1, 0.15) is 16.1 Å². The van der Waals surface area contributed by atoms with Crippen molar-refractivity contribution in [2.24, 2.45) is 0 Å². The Hall–Kier alpha value is -2.71. The van der Waals surface area contributed by atoms with Gasteiger partial charge in [0.2, 0.25) is 0 Å². The van der Waals surface area contributed by atoms with E-state index in [4.69, 9.17) is 4.74 Å². The number of sulfonamides is 1. The van der Waals surface area contributed by atoms with Gasteiger partial charge in [-0.15, -0.1) is 11.3 Å². The van der Waals surface area contributed by atoms with Crippen molar-refractivity contribution >= 4 is 33.0 Å². The van der Waals surface area contributed by atoms with Crippen LogP contribution in [-0.4, -0.2) is 14.4 Å². The molecule has 8 heteroatoms. The normalized spacial score (nSPS) is 12.4.